The van der Waals surface area contributed by atoms with E-state index in [2.05, 4.69) is 12.2 Å². The first kappa shape index (κ1) is 21.6. The van der Waals surface area contributed by atoms with Crippen molar-refractivity contribution in [3.05, 3.63) is 53.6 Å². The molecular weight excluding hydrogens is 416 g/mol. The summed E-state index contributed by atoms with van der Waals surface area (Å²) < 4.78 is 38.7. The molecule has 1 saturated heterocycles. The second-order valence-corrected chi connectivity index (χ2v) is 10.2. The number of piperidine rings is 1. The first-order chi connectivity index (χ1) is 14.8. The number of rotatable bonds is 5. The minimum Gasteiger partial charge on any atom is -0.486 e. The summed E-state index contributed by atoms with van der Waals surface area (Å²) in [7, 11) is -3.61. The molecule has 1 fully saturated rings. The first-order valence-corrected chi connectivity index (χ1v) is 12.1. The number of amides is 1. The van der Waals surface area contributed by atoms with Crippen LogP contribution in [0.1, 0.15) is 48.7 Å². The van der Waals surface area contributed by atoms with E-state index in [1.54, 1.807) is 18.2 Å². The maximum Gasteiger partial charge on any atom is 0.251 e. The third-order valence-corrected chi connectivity index (χ3v) is 7.79. The smallest absolute Gasteiger partial charge is 0.251 e. The molecule has 31 heavy (non-hydrogen) atoms. The zero-order valence-electron chi connectivity index (χ0n) is 17.8. The second kappa shape index (κ2) is 8.88. The van der Waals surface area contributed by atoms with Crippen LogP contribution < -0.4 is 14.8 Å². The molecule has 0 aromatic heterocycles. The molecule has 1 amide bonds. The molecule has 4 rings (SSSR count). The van der Waals surface area contributed by atoms with E-state index in [-0.39, 0.29) is 16.8 Å². The van der Waals surface area contributed by atoms with Crippen molar-refractivity contribution < 1.29 is 22.7 Å². The lowest BCUT2D eigenvalue weighted by Gasteiger charge is -2.29. The minimum absolute atomic E-state index is 0.154. The van der Waals surface area contributed by atoms with Crippen LogP contribution in [0.3, 0.4) is 0 Å². The normalized spacial score (nSPS) is 18.4. The molecule has 8 heteroatoms. The number of carbonyl (C=O) groups is 1. The molecule has 1 unspecified atom stereocenters. The lowest BCUT2D eigenvalue weighted by atomic mass is 10.0. The van der Waals surface area contributed by atoms with Gasteiger partial charge in [0.05, 0.1) is 10.9 Å². The van der Waals surface area contributed by atoms with Crippen LogP contribution >= 0.6 is 0 Å². The molecule has 166 valence electrons. The molecule has 2 aliphatic heterocycles. The fourth-order valence-corrected chi connectivity index (χ4v) is 5.38. The number of carbonyl (C=O) groups excluding carboxylic acids is 1. The van der Waals surface area contributed by atoms with E-state index in [4.69, 9.17) is 9.47 Å². The number of nitrogens with one attached hydrogen (secondary N) is 1. The van der Waals surface area contributed by atoms with Gasteiger partial charge in [0.1, 0.15) is 13.2 Å². The lowest BCUT2D eigenvalue weighted by Crippen LogP contribution is -2.38. The maximum absolute atomic E-state index is 13.0. The van der Waals surface area contributed by atoms with Crippen molar-refractivity contribution in [2.45, 2.75) is 37.6 Å². The van der Waals surface area contributed by atoms with Gasteiger partial charge in [-0.05, 0) is 61.6 Å². The summed E-state index contributed by atoms with van der Waals surface area (Å²) in [6.45, 7) is 6.06. The van der Waals surface area contributed by atoms with Crippen molar-refractivity contribution in [1.29, 1.82) is 0 Å². The topological polar surface area (TPSA) is 84.9 Å². The number of fused-ring (bicyclic) bond motifs is 1. The molecule has 1 atom stereocenters. The quantitative estimate of drug-likeness (QED) is 0.764. The van der Waals surface area contributed by atoms with Crippen LogP contribution in [0.25, 0.3) is 0 Å². The standard InChI is InChI=1S/C23H28N2O5S/c1-16-8-10-25(11-9-16)31(27,28)20-5-3-4-19(14-20)23(26)24-17(2)18-6-7-21-22(15-18)30-13-12-29-21/h3-7,14-17H,8-13H2,1-2H3,(H,24,26). The number of sulfonamides is 1. The summed E-state index contributed by atoms with van der Waals surface area (Å²) in [6.07, 6.45) is 1.71. The molecule has 2 aromatic carbocycles. The number of benzene rings is 2. The fraction of sp³-hybridized carbons (Fsp3) is 0.435. The summed E-state index contributed by atoms with van der Waals surface area (Å²) in [5.74, 6) is 1.56. The Bertz CT molecular complexity index is 1060. The predicted octanol–water partition coefficient (Wildman–Crippen LogP) is 3.37. The molecule has 0 radical (unpaired) electrons. The largest absolute Gasteiger partial charge is 0.486 e. The number of ether oxygens (including phenoxy) is 2. The lowest BCUT2D eigenvalue weighted by molar-refractivity contribution is 0.0939. The van der Waals surface area contributed by atoms with Gasteiger partial charge in [-0.2, -0.15) is 4.31 Å². The molecule has 7 nitrogen and oxygen atoms in total. The summed E-state index contributed by atoms with van der Waals surface area (Å²) in [5.41, 5.74) is 1.19. The highest BCUT2D eigenvalue weighted by molar-refractivity contribution is 7.89. The molecule has 1 N–H and O–H groups in total. The van der Waals surface area contributed by atoms with Gasteiger partial charge in [0.15, 0.2) is 11.5 Å². The number of hydrogen-bond acceptors (Lipinski definition) is 5. The van der Waals surface area contributed by atoms with Gasteiger partial charge in [0.25, 0.3) is 5.91 Å². The number of nitrogens with zero attached hydrogens (tertiary/aromatic N) is 1. The van der Waals surface area contributed by atoms with Crippen LogP contribution in [0.4, 0.5) is 0 Å². The van der Waals surface area contributed by atoms with Gasteiger partial charge >= 0.3 is 0 Å². The Morgan fingerprint density at radius 3 is 2.52 bits per heavy atom. The van der Waals surface area contributed by atoms with Crippen LogP contribution in [0.5, 0.6) is 11.5 Å². The van der Waals surface area contributed by atoms with Gasteiger partial charge < -0.3 is 14.8 Å². The Hall–Kier alpha value is -2.58. The van der Waals surface area contributed by atoms with Gasteiger partial charge in [-0.1, -0.05) is 19.1 Å². The van der Waals surface area contributed by atoms with E-state index >= 15 is 0 Å². The minimum atomic E-state index is -3.61. The van der Waals surface area contributed by atoms with E-state index in [0.717, 1.165) is 18.4 Å². The van der Waals surface area contributed by atoms with Crippen LogP contribution in [-0.2, 0) is 10.0 Å². The van der Waals surface area contributed by atoms with Crippen LogP contribution in [0.15, 0.2) is 47.4 Å². The Morgan fingerprint density at radius 2 is 1.77 bits per heavy atom. The van der Waals surface area contributed by atoms with Gasteiger partial charge in [-0.15, -0.1) is 0 Å². The van der Waals surface area contributed by atoms with E-state index in [1.165, 1.54) is 10.4 Å². The zero-order chi connectivity index (χ0) is 22.0. The fourth-order valence-electron chi connectivity index (χ4n) is 3.86. The van der Waals surface area contributed by atoms with Crippen molar-refractivity contribution in [3.63, 3.8) is 0 Å². The van der Waals surface area contributed by atoms with E-state index in [0.29, 0.717) is 49.3 Å². The van der Waals surface area contributed by atoms with E-state index < -0.39 is 10.0 Å². The molecule has 0 bridgehead atoms. The third-order valence-electron chi connectivity index (χ3n) is 5.89. The average molecular weight is 445 g/mol. The first-order valence-electron chi connectivity index (χ1n) is 10.7. The van der Waals surface area contributed by atoms with Crippen LogP contribution in [-0.4, -0.2) is 44.9 Å². The van der Waals surface area contributed by atoms with Crippen molar-refractivity contribution >= 4 is 15.9 Å². The monoisotopic (exact) mass is 444 g/mol. The highest BCUT2D eigenvalue weighted by Crippen LogP contribution is 2.32. The molecular formula is C23H28N2O5S. The highest BCUT2D eigenvalue weighted by atomic mass is 32.2. The van der Waals surface area contributed by atoms with Gasteiger partial charge in [0, 0.05) is 18.7 Å². The van der Waals surface area contributed by atoms with E-state index in [1.807, 2.05) is 25.1 Å². The number of hydrogen-bond donors (Lipinski definition) is 1. The average Bonchev–Trinajstić information content (AvgIpc) is 2.79. The molecule has 0 spiro atoms. The molecule has 0 saturated carbocycles. The molecule has 0 aliphatic carbocycles. The summed E-state index contributed by atoms with van der Waals surface area (Å²) in [6, 6.07) is 11.5. The molecule has 2 aliphatic rings. The van der Waals surface area contributed by atoms with Crippen molar-refractivity contribution in [2.75, 3.05) is 26.3 Å². The van der Waals surface area contributed by atoms with Gasteiger partial charge in [-0.3, -0.25) is 4.79 Å². The Kier molecular flexibility index (Phi) is 6.20. The Balaban J connectivity index is 1.48. The second-order valence-electron chi connectivity index (χ2n) is 8.21. The zero-order valence-corrected chi connectivity index (χ0v) is 18.7. The van der Waals surface area contributed by atoms with Gasteiger partial charge in [-0.25, -0.2) is 8.42 Å². The van der Waals surface area contributed by atoms with Gasteiger partial charge in [0.2, 0.25) is 10.0 Å². The van der Waals surface area contributed by atoms with Crippen molar-refractivity contribution in [3.8, 4) is 11.5 Å². The van der Waals surface area contributed by atoms with Crippen LogP contribution in [0, 0.1) is 5.92 Å². The molecule has 2 heterocycles. The van der Waals surface area contributed by atoms with Crippen LogP contribution in [0.2, 0.25) is 0 Å². The van der Waals surface area contributed by atoms with Crippen molar-refractivity contribution in [2.24, 2.45) is 5.92 Å². The third kappa shape index (κ3) is 4.70. The Morgan fingerprint density at radius 1 is 1.06 bits per heavy atom. The van der Waals surface area contributed by atoms with E-state index in [9.17, 15) is 13.2 Å². The van der Waals surface area contributed by atoms with Crippen molar-refractivity contribution in [1.82, 2.24) is 9.62 Å². The summed E-state index contributed by atoms with van der Waals surface area (Å²) >= 11 is 0. The predicted molar refractivity (Wildman–Crippen MR) is 117 cm³/mol. The summed E-state index contributed by atoms with van der Waals surface area (Å²) in [5, 5.41) is 2.94. The molecule has 2 aromatic rings. The SMILES string of the molecule is CC1CCN(S(=O)(=O)c2cccc(C(=O)NC(C)c3ccc4c(c3)OCCO4)c2)CC1. The highest BCUT2D eigenvalue weighted by Gasteiger charge is 2.28. The Labute approximate surface area is 183 Å². The maximum atomic E-state index is 13.0. The summed E-state index contributed by atoms with van der Waals surface area (Å²) in [4.78, 5) is 13.0.